The van der Waals surface area contributed by atoms with Gasteiger partial charge in [0.2, 0.25) is 0 Å². The van der Waals surface area contributed by atoms with Crippen LogP contribution in [0.5, 0.6) is 0 Å². The average molecular weight is 217 g/mol. The fourth-order valence-corrected chi connectivity index (χ4v) is 1.84. The first kappa shape index (κ1) is 11.3. The number of hydrogen-bond acceptors (Lipinski definition) is 2. The Balaban J connectivity index is 2.15. The van der Waals surface area contributed by atoms with E-state index in [-0.39, 0.29) is 17.1 Å². The number of hydrogen-bond donors (Lipinski definition) is 1. The van der Waals surface area contributed by atoms with Gasteiger partial charge in [0, 0.05) is 24.6 Å². The van der Waals surface area contributed by atoms with E-state index in [4.69, 9.17) is 0 Å². The van der Waals surface area contributed by atoms with Gasteiger partial charge < -0.3 is 5.32 Å². The molecule has 1 aliphatic rings. The van der Waals surface area contributed by atoms with Crippen LogP contribution >= 0.6 is 0 Å². The zero-order valence-electron chi connectivity index (χ0n) is 10.2. The third-order valence-electron chi connectivity index (χ3n) is 3.19. The molecule has 0 radical (unpaired) electrons. The van der Waals surface area contributed by atoms with Gasteiger partial charge in [-0.15, -0.1) is 0 Å². The Hall–Kier alpha value is -1.15. The first-order valence-corrected chi connectivity index (χ1v) is 5.84. The minimum Gasteiger partial charge on any atom is -0.315 e. The van der Waals surface area contributed by atoms with Crippen molar-refractivity contribution in [1.29, 1.82) is 0 Å². The molecule has 1 heterocycles. The van der Waals surface area contributed by atoms with Gasteiger partial charge in [-0.25, -0.2) is 0 Å². The summed E-state index contributed by atoms with van der Waals surface area (Å²) in [4.78, 5) is 11.9. The van der Waals surface area contributed by atoms with Crippen molar-refractivity contribution in [3.63, 3.8) is 0 Å². The molecule has 1 saturated heterocycles. The molecule has 0 saturated carbocycles. The van der Waals surface area contributed by atoms with Crippen LogP contribution in [-0.2, 0) is 5.41 Å². The first-order valence-electron chi connectivity index (χ1n) is 5.84. The van der Waals surface area contributed by atoms with Crippen LogP contribution < -0.4 is 5.32 Å². The molecule has 16 heavy (non-hydrogen) atoms. The van der Waals surface area contributed by atoms with E-state index in [0.29, 0.717) is 0 Å². The van der Waals surface area contributed by atoms with E-state index in [9.17, 15) is 4.79 Å². The van der Waals surface area contributed by atoms with Crippen LogP contribution in [0.15, 0.2) is 24.3 Å². The van der Waals surface area contributed by atoms with Gasteiger partial charge in [0.1, 0.15) is 0 Å². The van der Waals surface area contributed by atoms with Gasteiger partial charge in [0.05, 0.1) is 0 Å². The lowest BCUT2D eigenvalue weighted by Crippen LogP contribution is -2.46. The summed E-state index contributed by atoms with van der Waals surface area (Å²) in [6.45, 7) is 8.21. The topological polar surface area (TPSA) is 29.1 Å². The van der Waals surface area contributed by atoms with Crippen LogP contribution in [0.25, 0.3) is 0 Å². The summed E-state index contributed by atoms with van der Waals surface area (Å²) >= 11 is 0. The van der Waals surface area contributed by atoms with Crippen molar-refractivity contribution < 1.29 is 4.79 Å². The predicted molar refractivity (Wildman–Crippen MR) is 65.8 cm³/mol. The molecule has 1 fully saturated rings. The highest BCUT2D eigenvalue weighted by Gasteiger charge is 2.26. The largest absolute Gasteiger partial charge is 0.315 e. The Morgan fingerprint density at radius 3 is 2.12 bits per heavy atom. The fraction of sp³-hybridized carbons (Fsp3) is 0.500. The van der Waals surface area contributed by atoms with Gasteiger partial charge in [0.25, 0.3) is 0 Å². The van der Waals surface area contributed by atoms with Gasteiger partial charge >= 0.3 is 0 Å². The molecule has 0 spiro atoms. The molecule has 2 nitrogen and oxygen atoms in total. The molecule has 0 aromatic heterocycles. The molecule has 1 N–H and O–H groups in total. The average Bonchev–Trinajstić information content (AvgIpc) is 2.14. The summed E-state index contributed by atoms with van der Waals surface area (Å²) in [5.41, 5.74) is 2.27. The quantitative estimate of drug-likeness (QED) is 0.771. The Morgan fingerprint density at radius 2 is 1.75 bits per heavy atom. The number of carbonyl (C=O) groups excluding carboxylic acids is 1. The summed E-state index contributed by atoms with van der Waals surface area (Å²) in [6.07, 6.45) is 0. The number of ketones is 1. The van der Waals surface area contributed by atoms with Crippen molar-refractivity contribution in [2.24, 2.45) is 5.92 Å². The van der Waals surface area contributed by atoms with Crippen LogP contribution in [0, 0.1) is 5.92 Å². The Bertz CT molecular complexity index is 382. The molecule has 2 heteroatoms. The van der Waals surface area contributed by atoms with Crippen LogP contribution in [0.3, 0.4) is 0 Å². The molecule has 1 aliphatic heterocycles. The van der Waals surface area contributed by atoms with Crippen LogP contribution in [0.2, 0.25) is 0 Å². The Morgan fingerprint density at radius 1 is 1.19 bits per heavy atom. The van der Waals surface area contributed by atoms with Crippen molar-refractivity contribution in [3.05, 3.63) is 35.4 Å². The van der Waals surface area contributed by atoms with Crippen molar-refractivity contribution in [1.82, 2.24) is 5.32 Å². The molecule has 86 valence electrons. The minimum atomic E-state index is 0.152. The van der Waals surface area contributed by atoms with Gasteiger partial charge in [-0.1, -0.05) is 45.0 Å². The van der Waals surface area contributed by atoms with Gasteiger partial charge in [-0.3, -0.25) is 4.79 Å². The fourth-order valence-electron chi connectivity index (χ4n) is 1.84. The molecule has 0 atom stereocenters. The summed E-state index contributed by atoms with van der Waals surface area (Å²) in [7, 11) is 0. The molecular weight excluding hydrogens is 198 g/mol. The van der Waals surface area contributed by atoms with Crippen molar-refractivity contribution in [3.8, 4) is 0 Å². The number of nitrogens with one attached hydrogen (secondary N) is 1. The summed E-state index contributed by atoms with van der Waals surface area (Å²) in [6, 6.07) is 8.06. The van der Waals surface area contributed by atoms with E-state index in [1.807, 2.05) is 12.1 Å². The second-order valence-electron chi connectivity index (χ2n) is 5.55. The number of benzene rings is 1. The Labute approximate surface area is 97.1 Å². The lowest BCUT2D eigenvalue weighted by Gasteiger charge is -2.26. The highest BCUT2D eigenvalue weighted by Crippen LogP contribution is 2.23. The summed E-state index contributed by atoms with van der Waals surface area (Å²) in [5.74, 6) is 0.472. The highest BCUT2D eigenvalue weighted by atomic mass is 16.1. The van der Waals surface area contributed by atoms with Crippen molar-refractivity contribution in [2.45, 2.75) is 26.2 Å². The molecule has 1 aromatic carbocycles. The zero-order valence-corrected chi connectivity index (χ0v) is 10.2. The van der Waals surface area contributed by atoms with E-state index in [1.54, 1.807) is 0 Å². The van der Waals surface area contributed by atoms with E-state index < -0.39 is 0 Å². The normalized spacial score (nSPS) is 16.9. The number of carbonyl (C=O) groups is 1. The van der Waals surface area contributed by atoms with E-state index in [0.717, 1.165) is 18.7 Å². The molecule has 2 rings (SSSR count). The molecule has 0 amide bonds. The van der Waals surface area contributed by atoms with Crippen LogP contribution in [0.1, 0.15) is 36.7 Å². The smallest absolute Gasteiger partial charge is 0.168 e. The first-order chi connectivity index (χ1) is 7.48. The monoisotopic (exact) mass is 217 g/mol. The molecular formula is C14H19NO. The van der Waals surface area contributed by atoms with Gasteiger partial charge in [-0.2, -0.15) is 0 Å². The maximum Gasteiger partial charge on any atom is 0.168 e. The molecule has 0 aliphatic carbocycles. The van der Waals surface area contributed by atoms with E-state index in [1.165, 1.54) is 5.56 Å². The zero-order chi connectivity index (χ0) is 11.8. The van der Waals surface area contributed by atoms with Crippen LogP contribution in [-0.4, -0.2) is 18.9 Å². The summed E-state index contributed by atoms with van der Waals surface area (Å²) < 4.78 is 0. The lowest BCUT2D eigenvalue weighted by atomic mass is 9.85. The predicted octanol–water partition coefficient (Wildman–Crippen LogP) is 2.39. The van der Waals surface area contributed by atoms with Crippen molar-refractivity contribution >= 4 is 5.78 Å². The van der Waals surface area contributed by atoms with E-state index in [2.05, 4.69) is 38.2 Å². The second-order valence-corrected chi connectivity index (χ2v) is 5.55. The second kappa shape index (κ2) is 4.02. The van der Waals surface area contributed by atoms with E-state index >= 15 is 0 Å². The maximum absolute atomic E-state index is 11.9. The lowest BCUT2D eigenvalue weighted by molar-refractivity contribution is 0.0878. The van der Waals surface area contributed by atoms with Crippen molar-refractivity contribution in [2.75, 3.05) is 13.1 Å². The maximum atomic E-state index is 11.9. The van der Waals surface area contributed by atoms with Gasteiger partial charge in [-0.05, 0) is 11.0 Å². The standard InChI is InChI=1S/C14H19NO/c1-14(2,3)12-6-4-10(5-7-12)13(16)11-8-15-9-11/h4-7,11,15H,8-9H2,1-3H3. The SMILES string of the molecule is CC(C)(C)c1ccc(C(=O)C2CNC2)cc1. The molecule has 1 aromatic rings. The highest BCUT2D eigenvalue weighted by molar-refractivity contribution is 5.98. The molecule has 0 unspecified atom stereocenters. The van der Waals surface area contributed by atoms with Gasteiger partial charge in [0.15, 0.2) is 5.78 Å². The third-order valence-corrected chi connectivity index (χ3v) is 3.19. The number of Topliss-reactive ketones (excluding diaryl/α,β-unsaturated/α-hetero) is 1. The van der Waals surface area contributed by atoms with Crippen LogP contribution in [0.4, 0.5) is 0 Å². The third kappa shape index (κ3) is 2.17. The summed E-state index contributed by atoms with van der Waals surface area (Å²) in [5, 5.41) is 3.13. The number of rotatable bonds is 2. The minimum absolute atomic E-state index is 0.152. The molecule has 0 bridgehead atoms. The Kier molecular flexibility index (Phi) is 2.85.